The van der Waals surface area contributed by atoms with Crippen molar-refractivity contribution in [3.8, 4) is 28.8 Å². The monoisotopic (exact) mass is 288 g/mol. The third-order valence-corrected chi connectivity index (χ3v) is 3.53. The molecule has 0 atom stereocenters. The summed E-state index contributed by atoms with van der Waals surface area (Å²) < 4.78 is 5.41. The highest BCUT2D eigenvalue weighted by atomic mass is 16.5. The molecule has 4 heteroatoms. The lowest BCUT2D eigenvalue weighted by atomic mass is 10.1. The molecule has 22 heavy (non-hydrogen) atoms. The minimum absolute atomic E-state index is 0.220. The Bertz CT molecular complexity index is 940. The number of aromatic nitrogens is 2. The Morgan fingerprint density at radius 3 is 2.45 bits per heavy atom. The predicted octanol–water partition coefficient (Wildman–Crippen LogP) is 4.26. The third-order valence-electron chi connectivity index (χ3n) is 3.53. The molecule has 4 nitrogen and oxygen atoms in total. The fraction of sp³-hybridized carbons (Fsp3) is 0. The first-order valence-corrected chi connectivity index (χ1v) is 6.92. The van der Waals surface area contributed by atoms with Gasteiger partial charge in [-0.2, -0.15) is 0 Å². The molecule has 106 valence electrons. The third kappa shape index (κ3) is 2.02. The van der Waals surface area contributed by atoms with E-state index in [2.05, 4.69) is 9.97 Å². The largest absolute Gasteiger partial charge is 0.479 e. The van der Waals surface area contributed by atoms with Crippen LogP contribution in [0, 0.1) is 0 Å². The molecule has 1 N–H and O–H groups in total. The van der Waals surface area contributed by atoms with Crippen LogP contribution in [0.3, 0.4) is 0 Å². The van der Waals surface area contributed by atoms with Gasteiger partial charge in [0.25, 0.3) is 0 Å². The second-order valence-corrected chi connectivity index (χ2v) is 4.92. The number of fused-ring (bicyclic) bond motifs is 1. The maximum atomic E-state index is 10.1. The van der Waals surface area contributed by atoms with E-state index in [4.69, 9.17) is 4.42 Å². The van der Waals surface area contributed by atoms with E-state index >= 15 is 0 Å². The highest BCUT2D eigenvalue weighted by molar-refractivity contribution is 5.94. The van der Waals surface area contributed by atoms with Gasteiger partial charge < -0.3 is 9.52 Å². The van der Waals surface area contributed by atoms with Gasteiger partial charge >= 0.3 is 5.95 Å². The highest BCUT2D eigenvalue weighted by Gasteiger charge is 2.18. The summed E-state index contributed by atoms with van der Waals surface area (Å²) in [6.45, 7) is 0. The van der Waals surface area contributed by atoms with E-state index in [1.54, 1.807) is 6.20 Å². The fourth-order valence-electron chi connectivity index (χ4n) is 2.48. The first kappa shape index (κ1) is 12.6. The van der Waals surface area contributed by atoms with Gasteiger partial charge in [-0.25, -0.2) is 4.98 Å². The summed E-state index contributed by atoms with van der Waals surface area (Å²) in [4.78, 5) is 8.78. The van der Waals surface area contributed by atoms with Crippen molar-refractivity contribution in [1.82, 2.24) is 9.97 Å². The molecule has 0 aliphatic carbocycles. The predicted molar refractivity (Wildman–Crippen MR) is 84.3 cm³/mol. The molecule has 0 fully saturated rings. The second kappa shape index (κ2) is 5.00. The number of nitrogens with zero attached hydrogens (tertiary/aromatic N) is 2. The van der Waals surface area contributed by atoms with Crippen LogP contribution in [0.15, 0.2) is 71.3 Å². The van der Waals surface area contributed by atoms with Crippen molar-refractivity contribution < 1.29 is 9.52 Å². The number of aromatic hydroxyl groups is 1. The maximum Gasteiger partial charge on any atom is 0.313 e. The van der Waals surface area contributed by atoms with Crippen LogP contribution in [0.4, 0.5) is 0 Å². The van der Waals surface area contributed by atoms with Crippen LogP contribution >= 0.6 is 0 Å². The van der Waals surface area contributed by atoms with Crippen molar-refractivity contribution in [3.63, 3.8) is 0 Å². The molecule has 4 aromatic rings. The summed E-state index contributed by atoms with van der Waals surface area (Å²) in [5.41, 5.74) is 1.78. The first-order chi connectivity index (χ1) is 10.8. The molecule has 2 heterocycles. The molecule has 2 aromatic heterocycles. The van der Waals surface area contributed by atoms with Crippen LogP contribution in [-0.2, 0) is 0 Å². The number of pyridine rings is 1. The van der Waals surface area contributed by atoms with Crippen molar-refractivity contribution in [2.75, 3.05) is 0 Å². The molecule has 0 bridgehead atoms. The molecule has 0 unspecified atom stereocenters. The standard InChI is InChI=1S/C18H12N2O2/c21-18-16(20-17(22-18)13-7-2-1-3-8-13)15-14-9-5-4-6-12(14)10-11-19-15/h1-11,21H. The Morgan fingerprint density at radius 2 is 1.59 bits per heavy atom. The molecule has 4 rings (SSSR count). The zero-order valence-corrected chi connectivity index (χ0v) is 11.6. The average Bonchev–Trinajstić information content (AvgIpc) is 2.97. The van der Waals surface area contributed by atoms with E-state index in [0.717, 1.165) is 16.3 Å². The van der Waals surface area contributed by atoms with Crippen molar-refractivity contribution in [2.45, 2.75) is 0 Å². The minimum Gasteiger partial charge on any atom is -0.479 e. The minimum atomic E-state index is -0.220. The van der Waals surface area contributed by atoms with Gasteiger partial charge in [-0.05, 0) is 23.6 Å². The van der Waals surface area contributed by atoms with Gasteiger partial charge in [0.2, 0.25) is 5.89 Å². The normalized spacial score (nSPS) is 10.9. The molecule has 0 saturated carbocycles. The SMILES string of the molecule is Oc1oc(-c2ccccc2)nc1-c1nccc2ccccc12. The Balaban J connectivity index is 1.91. The topological polar surface area (TPSA) is 59.2 Å². The van der Waals surface area contributed by atoms with Crippen LogP contribution in [0.25, 0.3) is 33.6 Å². The van der Waals surface area contributed by atoms with E-state index in [9.17, 15) is 5.11 Å². The lowest BCUT2D eigenvalue weighted by Crippen LogP contribution is -1.86. The molecule has 0 saturated heterocycles. The van der Waals surface area contributed by atoms with Crippen LogP contribution < -0.4 is 0 Å². The molecule has 0 aliphatic heterocycles. The fourth-order valence-corrected chi connectivity index (χ4v) is 2.48. The molecule has 2 aromatic carbocycles. The lowest BCUT2D eigenvalue weighted by molar-refractivity contribution is 0.339. The highest BCUT2D eigenvalue weighted by Crippen LogP contribution is 2.35. The van der Waals surface area contributed by atoms with Crippen molar-refractivity contribution in [2.24, 2.45) is 0 Å². The number of hydrogen-bond acceptors (Lipinski definition) is 4. The first-order valence-electron chi connectivity index (χ1n) is 6.92. The number of benzene rings is 2. The van der Waals surface area contributed by atoms with Gasteiger partial charge in [-0.15, -0.1) is 0 Å². The summed E-state index contributed by atoms with van der Waals surface area (Å²) in [5, 5.41) is 12.1. The van der Waals surface area contributed by atoms with Crippen LogP contribution in [0.5, 0.6) is 5.95 Å². The van der Waals surface area contributed by atoms with Gasteiger partial charge in [0.15, 0.2) is 5.69 Å². The van der Waals surface area contributed by atoms with Crippen LogP contribution in [0.2, 0.25) is 0 Å². The van der Waals surface area contributed by atoms with Gasteiger partial charge in [0.1, 0.15) is 5.69 Å². The quantitative estimate of drug-likeness (QED) is 0.598. The Morgan fingerprint density at radius 1 is 0.818 bits per heavy atom. The maximum absolute atomic E-state index is 10.1. The number of oxazole rings is 1. The summed E-state index contributed by atoms with van der Waals surface area (Å²) in [7, 11) is 0. The molecule has 0 spiro atoms. The second-order valence-electron chi connectivity index (χ2n) is 4.92. The van der Waals surface area contributed by atoms with Crippen molar-refractivity contribution in [3.05, 3.63) is 66.9 Å². The summed E-state index contributed by atoms with van der Waals surface area (Å²) >= 11 is 0. The average molecular weight is 288 g/mol. The van der Waals surface area contributed by atoms with E-state index in [1.165, 1.54) is 0 Å². The summed E-state index contributed by atoms with van der Waals surface area (Å²) in [5.74, 6) is 0.158. The molecular formula is C18H12N2O2. The summed E-state index contributed by atoms with van der Waals surface area (Å²) in [6.07, 6.45) is 1.70. The Kier molecular flexibility index (Phi) is 2.86. The van der Waals surface area contributed by atoms with Crippen molar-refractivity contribution in [1.29, 1.82) is 0 Å². The van der Waals surface area contributed by atoms with Gasteiger partial charge in [-0.1, -0.05) is 42.5 Å². The van der Waals surface area contributed by atoms with Gasteiger partial charge in [0.05, 0.1) is 0 Å². The Labute approximate surface area is 126 Å². The molecular weight excluding hydrogens is 276 g/mol. The summed E-state index contributed by atoms with van der Waals surface area (Å²) in [6, 6.07) is 19.2. The Hall–Kier alpha value is -3.14. The van der Waals surface area contributed by atoms with Gasteiger partial charge in [0, 0.05) is 17.1 Å². The van der Waals surface area contributed by atoms with E-state index in [0.29, 0.717) is 17.3 Å². The van der Waals surface area contributed by atoms with Gasteiger partial charge in [-0.3, -0.25) is 4.98 Å². The van der Waals surface area contributed by atoms with E-state index < -0.39 is 0 Å². The van der Waals surface area contributed by atoms with E-state index in [1.807, 2.05) is 60.7 Å². The van der Waals surface area contributed by atoms with E-state index in [-0.39, 0.29) is 5.95 Å². The number of rotatable bonds is 2. The zero-order chi connectivity index (χ0) is 14.9. The van der Waals surface area contributed by atoms with Crippen LogP contribution in [0.1, 0.15) is 0 Å². The van der Waals surface area contributed by atoms with Crippen LogP contribution in [-0.4, -0.2) is 15.1 Å². The smallest absolute Gasteiger partial charge is 0.313 e. The molecule has 0 radical (unpaired) electrons. The number of hydrogen-bond donors (Lipinski definition) is 1. The molecule has 0 aliphatic rings. The lowest BCUT2D eigenvalue weighted by Gasteiger charge is -2.02. The van der Waals surface area contributed by atoms with Crippen molar-refractivity contribution >= 4 is 10.8 Å². The zero-order valence-electron chi connectivity index (χ0n) is 11.6. The molecule has 0 amide bonds.